The van der Waals surface area contributed by atoms with Gasteiger partial charge in [-0.3, -0.25) is 9.59 Å². The van der Waals surface area contributed by atoms with Gasteiger partial charge >= 0.3 is 0 Å². The fraction of sp³-hybridized carbons (Fsp3) is 0.0870. The first kappa shape index (κ1) is 20.7. The summed E-state index contributed by atoms with van der Waals surface area (Å²) < 4.78 is 18.4. The molecule has 6 nitrogen and oxygen atoms in total. The molecule has 2 amide bonds. The highest BCUT2D eigenvalue weighted by Crippen LogP contribution is 2.13. The molecule has 0 heterocycles. The van der Waals surface area contributed by atoms with Crippen molar-refractivity contribution in [1.29, 1.82) is 0 Å². The SMILES string of the molecule is Cc1ccc(C(=O)NN=Cc2cccc(OCC(=O)Nc3ccc(F)cc3)c2)cc1. The fourth-order valence-corrected chi connectivity index (χ4v) is 2.50. The third-order valence-corrected chi connectivity index (χ3v) is 4.05. The number of rotatable bonds is 7. The van der Waals surface area contributed by atoms with E-state index in [2.05, 4.69) is 15.8 Å². The summed E-state index contributed by atoms with van der Waals surface area (Å²) in [6, 6.07) is 19.5. The van der Waals surface area contributed by atoms with Crippen LogP contribution < -0.4 is 15.5 Å². The van der Waals surface area contributed by atoms with Crippen LogP contribution in [0.1, 0.15) is 21.5 Å². The van der Waals surface area contributed by atoms with Gasteiger partial charge in [0.15, 0.2) is 6.61 Å². The van der Waals surface area contributed by atoms with E-state index in [0.717, 1.165) is 5.56 Å². The average Bonchev–Trinajstić information content (AvgIpc) is 2.75. The number of amides is 2. The summed E-state index contributed by atoms with van der Waals surface area (Å²) in [5.41, 5.74) is 5.22. The van der Waals surface area contributed by atoms with Crippen molar-refractivity contribution in [2.24, 2.45) is 5.10 Å². The molecular weight excluding hydrogens is 385 g/mol. The number of hydrogen-bond donors (Lipinski definition) is 2. The van der Waals surface area contributed by atoms with Crippen LogP contribution in [0.2, 0.25) is 0 Å². The standard InChI is InChI=1S/C23H20FN3O3/c1-16-5-7-18(8-6-16)23(29)27-25-14-17-3-2-4-21(13-17)30-15-22(28)26-20-11-9-19(24)10-12-20/h2-14H,15H2,1H3,(H,26,28)(H,27,29). The van der Waals surface area contributed by atoms with E-state index in [9.17, 15) is 14.0 Å². The molecule has 0 bridgehead atoms. The van der Waals surface area contributed by atoms with Crippen molar-refractivity contribution in [3.8, 4) is 5.75 Å². The van der Waals surface area contributed by atoms with Crippen molar-refractivity contribution >= 4 is 23.7 Å². The predicted octanol–water partition coefficient (Wildman–Crippen LogP) is 3.92. The molecule has 3 rings (SSSR count). The molecule has 0 spiro atoms. The predicted molar refractivity (Wildman–Crippen MR) is 113 cm³/mol. The van der Waals surface area contributed by atoms with E-state index in [4.69, 9.17) is 4.74 Å². The summed E-state index contributed by atoms with van der Waals surface area (Å²) in [6.07, 6.45) is 1.48. The van der Waals surface area contributed by atoms with Gasteiger partial charge in [0.1, 0.15) is 11.6 Å². The van der Waals surface area contributed by atoms with Gasteiger partial charge in [-0.05, 0) is 61.0 Å². The van der Waals surface area contributed by atoms with Crippen LogP contribution in [0.5, 0.6) is 5.75 Å². The molecule has 30 heavy (non-hydrogen) atoms. The number of aryl methyl sites for hydroxylation is 1. The van der Waals surface area contributed by atoms with Crippen molar-refractivity contribution in [2.45, 2.75) is 6.92 Å². The molecule has 3 aromatic carbocycles. The van der Waals surface area contributed by atoms with Crippen LogP contribution in [0.4, 0.5) is 10.1 Å². The van der Waals surface area contributed by atoms with Crippen LogP contribution >= 0.6 is 0 Å². The van der Waals surface area contributed by atoms with Crippen LogP contribution in [0.15, 0.2) is 77.9 Å². The molecule has 0 aromatic heterocycles. The fourth-order valence-electron chi connectivity index (χ4n) is 2.50. The normalized spacial score (nSPS) is 10.6. The number of carbonyl (C=O) groups excluding carboxylic acids is 2. The Morgan fingerprint density at radius 2 is 1.77 bits per heavy atom. The lowest BCUT2D eigenvalue weighted by Gasteiger charge is -2.08. The molecule has 0 saturated carbocycles. The monoisotopic (exact) mass is 405 g/mol. The first-order chi connectivity index (χ1) is 14.5. The molecule has 0 unspecified atom stereocenters. The van der Waals surface area contributed by atoms with E-state index in [1.165, 1.54) is 30.5 Å². The number of nitrogens with zero attached hydrogens (tertiary/aromatic N) is 1. The lowest BCUT2D eigenvalue weighted by molar-refractivity contribution is -0.118. The number of benzene rings is 3. The third kappa shape index (κ3) is 6.27. The van der Waals surface area contributed by atoms with Gasteiger partial charge in [0.25, 0.3) is 11.8 Å². The van der Waals surface area contributed by atoms with Crippen molar-refractivity contribution in [2.75, 3.05) is 11.9 Å². The first-order valence-electron chi connectivity index (χ1n) is 9.18. The Kier molecular flexibility index (Phi) is 6.89. The highest BCUT2D eigenvalue weighted by atomic mass is 19.1. The Morgan fingerprint density at radius 3 is 2.50 bits per heavy atom. The van der Waals surface area contributed by atoms with E-state index in [1.807, 2.05) is 19.1 Å². The van der Waals surface area contributed by atoms with Gasteiger partial charge < -0.3 is 10.1 Å². The second-order valence-electron chi connectivity index (χ2n) is 6.48. The second-order valence-corrected chi connectivity index (χ2v) is 6.48. The molecule has 0 aliphatic carbocycles. The van der Waals surface area contributed by atoms with Crippen molar-refractivity contribution in [1.82, 2.24) is 5.43 Å². The molecule has 2 N–H and O–H groups in total. The van der Waals surface area contributed by atoms with Crippen LogP contribution in [-0.4, -0.2) is 24.6 Å². The second kappa shape index (κ2) is 9.97. The zero-order valence-corrected chi connectivity index (χ0v) is 16.3. The summed E-state index contributed by atoms with van der Waals surface area (Å²) >= 11 is 0. The summed E-state index contributed by atoms with van der Waals surface area (Å²) in [4.78, 5) is 24.0. The molecule has 0 fully saturated rings. The van der Waals surface area contributed by atoms with Gasteiger partial charge in [-0.15, -0.1) is 0 Å². The topological polar surface area (TPSA) is 79.8 Å². The zero-order chi connectivity index (χ0) is 21.3. The minimum absolute atomic E-state index is 0.206. The highest BCUT2D eigenvalue weighted by Gasteiger charge is 2.05. The third-order valence-electron chi connectivity index (χ3n) is 4.05. The molecule has 0 aliphatic rings. The van der Waals surface area contributed by atoms with Gasteiger partial charge in [-0.1, -0.05) is 29.8 Å². The van der Waals surface area contributed by atoms with Gasteiger partial charge in [0, 0.05) is 11.3 Å². The maximum Gasteiger partial charge on any atom is 0.271 e. The summed E-state index contributed by atoms with van der Waals surface area (Å²) in [6.45, 7) is 1.74. The number of anilines is 1. The number of nitrogens with one attached hydrogen (secondary N) is 2. The maximum atomic E-state index is 12.9. The lowest BCUT2D eigenvalue weighted by atomic mass is 10.1. The van der Waals surface area contributed by atoms with Crippen LogP contribution in [-0.2, 0) is 4.79 Å². The average molecular weight is 405 g/mol. The van der Waals surface area contributed by atoms with Gasteiger partial charge in [-0.2, -0.15) is 5.10 Å². The summed E-state index contributed by atoms with van der Waals surface area (Å²) in [5, 5.41) is 6.56. The number of carbonyl (C=O) groups is 2. The van der Waals surface area contributed by atoms with E-state index >= 15 is 0 Å². The van der Waals surface area contributed by atoms with E-state index in [-0.39, 0.29) is 24.2 Å². The van der Waals surface area contributed by atoms with Crippen molar-refractivity contribution < 1.29 is 18.7 Å². The molecule has 0 radical (unpaired) electrons. The summed E-state index contributed by atoms with van der Waals surface area (Å²) in [5.74, 6) is -0.585. The van der Waals surface area contributed by atoms with E-state index in [0.29, 0.717) is 22.6 Å². The quantitative estimate of drug-likeness (QED) is 0.462. The number of hydrazone groups is 1. The maximum absolute atomic E-state index is 12.9. The molecule has 7 heteroatoms. The molecule has 152 valence electrons. The molecule has 0 atom stereocenters. The summed E-state index contributed by atoms with van der Waals surface area (Å²) in [7, 11) is 0. The van der Waals surface area contributed by atoms with E-state index in [1.54, 1.807) is 36.4 Å². The minimum atomic E-state index is -0.377. The smallest absolute Gasteiger partial charge is 0.271 e. The van der Waals surface area contributed by atoms with Gasteiger partial charge in [-0.25, -0.2) is 9.82 Å². The van der Waals surface area contributed by atoms with Gasteiger partial charge in [0.05, 0.1) is 6.21 Å². The Balaban J connectivity index is 1.50. The Bertz CT molecular complexity index is 1050. The Morgan fingerprint density at radius 1 is 1.03 bits per heavy atom. The van der Waals surface area contributed by atoms with Crippen LogP contribution in [0, 0.1) is 12.7 Å². The minimum Gasteiger partial charge on any atom is -0.484 e. The molecule has 0 saturated heterocycles. The Labute approximate surface area is 173 Å². The lowest BCUT2D eigenvalue weighted by Crippen LogP contribution is -2.20. The highest BCUT2D eigenvalue weighted by molar-refractivity contribution is 5.95. The number of hydrogen-bond acceptors (Lipinski definition) is 4. The van der Waals surface area contributed by atoms with Crippen LogP contribution in [0.3, 0.4) is 0 Å². The van der Waals surface area contributed by atoms with E-state index < -0.39 is 0 Å². The molecular formula is C23H20FN3O3. The first-order valence-corrected chi connectivity index (χ1v) is 9.18. The zero-order valence-electron chi connectivity index (χ0n) is 16.3. The van der Waals surface area contributed by atoms with Crippen LogP contribution in [0.25, 0.3) is 0 Å². The number of halogens is 1. The van der Waals surface area contributed by atoms with Crippen molar-refractivity contribution in [3.05, 3.63) is 95.3 Å². The Hall–Kier alpha value is -4.00. The largest absolute Gasteiger partial charge is 0.484 e. The molecule has 3 aromatic rings. The van der Waals surface area contributed by atoms with Crippen molar-refractivity contribution in [3.63, 3.8) is 0 Å². The number of ether oxygens (including phenoxy) is 1. The van der Waals surface area contributed by atoms with Gasteiger partial charge in [0.2, 0.25) is 0 Å². The molecule has 0 aliphatic heterocycles.